The highest BCUT2D eigenvalue weighted by atomic mass is 16.4. The molecular weight excluding hydrogens is 136 g/mol. The van der Waals surface area contributed by atoms with Crippen LogP contribution in [0, 0.1) is 0 Å². The molecule has 0 fully saturated rings. The van der Waals surface area contributed by atoms with Crippen LogP contribution in [0.3, 0.4) is 0 Å². The molecule has 1 rings (SSSR count). The Hall–Kier alpha value is -1.36. The van der Waals surface area contributed by atoms with Crippen LogP contribution in [0.5, 0.6) is 0 Å². The average Bonchev–Trinajstić information content (AvgIpc) is 2.33. The van der Waals surface area contributed by atoms with Gasteiger partial charge in [0, 0.05) is 0 Å². The van der Waals surface area contributed by atoms with Gasteiger partial charge in [0.15, 0.2) is 17.8 Å². The monoisotopic (exact) mass is 142 g/mol. The van der Waals surface area contributed by atoms with Crippen molar-refractivity contribution in [3.05, 3.63) is 17.8 Å². The number of hydrogen-bond donors (Lipinski definition) is 2. The Morgan fingerprint density at radius 2 is 2.60 bits per heavy atom. The SMILES string of the molecule is NCc1ocnc1C(=O)O. The molecule has 0 aliphatic rings. The second kappa shape index (κ2) is 2.49. The standard InChI is InChI=1S/C5H6N2O3/c6-1-3-4(5(8)9)7-2-10-3/h2H,1,6H2,(H,8,9). The van der Waals surface area contributed by atoms with Crippen LogP contribution in [0.1, 0.15) is 16.2 Å². The Bertz CT molecular complexity index is 243. The highest BCUT2D eigenvalue weighted by Crippen LogP contribution is 2.04. The van der Waals surface area contributed by atoms with Crippen LogP contribution in [0.4, 0.5) is 0 Å². The highest BCUT2D eigenvalue weighted by Gasteiger charge is 2.12. The van der Waals surface area contributed by atoms with Crippen LogP contribution < -0.4 is 5.73 Å². The largest absolute Gasteiger partial charge is 0.476 e. The fraction of sp³-hybridized carbons (Fsp3) is 0.200. The zero-order chi connectivity index (χ0) is 7.56. The minimum absolute atomic E-state index is 0.0572. The van der Waals surface area contributed by atoms with Gasteiger partial charge in [-0.2, -0.15) is 0 Å². The first-order valence-corrected chi connectivity index (χ1v) is 2.61. The van der Waals surface area contributed by atoms with Crippen molar-refractivity contribution in [1.29, 1.82) is 0 Å². The predicted molar refractivity (Wildman–Crippen MR) is 31.4 cm³/mol. The van der Waals surface area contributed by atoms with Crippen LogP contribution >= 0.6 is 0 Å². The number of carbonyl (C=O) groups is 1. The number of hydrogen-bond acceptors (Lipinski definition) is 4. The number of carboxylic acid groups (broad SMARTS) is 1. The van der Waals surface area contributed by atoms with Crippen molar-refractivity contribution < 1.29 is 14.3 Å². The van der Waals surface area contributed by atoms with E-state index in [1.807, 2.05) is 0 Å². The maximum atomic E-state index is 10.3. The summed E-state index contributed by atoms with van der Waals surface area (Å²) in [4.78, 5) is 13.7. The lowest BCUT2D eigenvalue weighted by Gasteiger charge is -1.88. The van der Waals surface area contributed by atoms with Gasteiger partial charge in [0.1, 0.15) is 0 Å². The summed E-state index contributed by atoms with van der Waals surface area (Å²) in [6, 6.07) is 0. The third kappa shape index (κ3) is 0.985. The second-order valence-electron chi connectivity index (χ2n) is 1.63. The Morgan fingerprint density at radius 1 is 1.90 bits per heavy atom. The smallest absolute Gasteiger partial charge is 0.358 e. The van der Waals surface area contributed by atoms with Crippen molar-refractivity contribution in [1.82, 2.24) is 4.98 Å². The van der Waals surface area contributed by atoms with E-state index in [0.29, 0.717) is 0 Å². The quantitative estimate of drug-likeness (QED) is 0.598. The summed E-state index contributed by atoms with van der Waals surface area (Å²) in [5.41, 5.74) is 5.03. The van der Waals surface area contributed by atoms with Crippen LogP contribution in [0.15, 0.2) is 10.8 Å². The highest BCUT2D eigenvalue weighted by molar-refractivity contribution is 5.86. The Labute approximate surface area is 56.5 Å². The summed E-state index contributed by atoms with van der Waals surface area (Å²) in [7, 11) is 0. The Kier molecular flexibility index (Phi) is 1.68. The van der Waals surface area contributed by atoms with E-state index in [9.17, 15) is 4.79 Å². The molecule has 5 nitrogen and oxygen atoms in total. The fourth-order valence-electron chi connectivity index (χ4n) is 0.590. The molecule has 0 spiro atoms. The topological polar surface area (TPSA) is 89.4 Å². The molecule has 0 saturated carbocycles. The number of nitrogens with two attached hydrogens (primary N) is 1. The fourth-order valence-corrected chi connectivity index (χ4v) is 0.590. The number of rotatable bonds is 2. The molecule has 0 amide bonds. The lowest BCUT2D eigenvalue weighted by molar-refractivity contribution is 0.0689. The van der Waals surface area contributed by atoms with Crippen molar-refractivity contribution in [2.24, 2.45) is 5.73 Å². The van der Waals surface area contributed by atoms with E-state index in [-0.39, 0.29) is 18.0 Å². The average molecular weight is 142 g/mol. The van der Waals surface area contributed by atoms with Gasteiger partial charge in [-0.25, -0.2) is 9.78 Å². The van der Waals surface area contributed by atoms with E-state index in [1.54, 1.807) is 0 Å². The van der Waals surface area contributed by atoms with Gasteiger partial charge in [0.2, 0.25) is 0 Å². The lowest BCUT2D eigenvalue weighted by Crippen LogP contribution is -2.04. The van der Waals surface area contributed by atoms with Gasteiger partial charge in [-0.15, -0.1) is 0 Å². The van der Waals surface area contributed by atoms with Crippen LogP contribution in [-0.4, -0.2) is 16.1 Å². The molecule has 3 N–H and O–H groups in total. The minimum atomic E-state index is -1.12. The van der Waals surface area contributed by atoms with Gasteiger partial charge in [-0.1, -0.05) is 0 Å². The molecule has 54 valence electrons. The molecule has 0 aliphatic carbocycles. The predicted octanol–water partition coefficient (Wildman–Crippen LogP) is -0.169. The maximum Gasteiger partial charge on any atom is 0.358 e. The molecule has 5 heteroatoms. The first kappa shape index (κ1) is 6.76. The lowest BCUT2D eigenvalue weighted by atomic mass is 10.3. The maximum absolute atomic E-state index is 10.3. The van der Waals surface area contributed by atoms with Gasteiger partial charge in [-0.3, -0.25) is 0 Å². The molecule has 1 aromatic rings. The van der Waals surface area contributed by atoms with Gasteiger partial charge in [0.05, 0.1) is 6.54 Å². The van der Waals surface area contributed by atoms with Crippen molar-refractivity contribution in [3.8, 4) is 0 Å². The first-order valence-electron chi connectivity index (χ1n) is 2.61. The van der Waals surface area contributed by atoms with Crippen molar-refractivity contribution >= 4 is 5.97 Å². The van der Waals surface area contributed by atoms with E-state index < -0.39 is 5.97 Å². The third-order valence-electron chi connectivity index (χ3n) is 1.03. The van der Waals surface area contributed by atoms with Crippen molar-refractivity contribution in [2.45, 2.75) is 6.54 Å². The van der Waals surface area contributed by atoms with Crippen LogP contribution in [0.25, 0.3) is 0 Å². The number of carboxylic acids is 1. The molecule has 1 aromatic heterocycles. The Balaban J connectivity index is 3.01. The van der Waals surface area contributed by atoms with E-state index in [1.165, 1.54) is 0 Å². The van der Waals surface area contributed by atoms with E-state index in [2.05, 4.69) is 9.40 Å². The summed E-state index contributed by atoms with van der Waals surface area (Å²) in [5.74, 6) is -0.915. The molecule has 0 radical (unpaired) electrons. The van der Waals surface area contributed by atoms with Gasteiger partial charge >= 0.3 is 5.97 Å². The molecule has 0 aliphatic heterocycles. The van der Waals surface area contributed by atoms with Crippen LogP contribution in [-0.2, 0) is 6.54 Å². The second-order valence-corrected chi connectivity index (χ2v) is 1.63. The van der Waals surface area contributed by atoms with Crippen molar-refractivity contribution in [3.63, 3.8) is 0 Å². The molecule has 0 aromatic carbocycles. The molecule has 0 saturated heterocycles. The zero-order valence-corrected chi connectivity index (χ0v) is 5.07. The third-order valence-corrected chi connectivity index (χ3v) is 1.03. The number of nitrogens with zero attached hydrogens (tertiary/aromatic N) is 1. The van der Waals surface area contributed by atoms with E-state index >= 15 is 0 Å². The minimum Gasteiger partial charge on any atom is -0.476 e. The number of aromatic nitrogens is 1. The molecule has 0 bridgehead atoms. The first-order chi connectivity index (χ1) is 4.75. The summed E-state index contributed by atoms with van der Waals surface area (Å²) in [6.45, 7) is 0.0572. The van der Waals surface area contributed by atoms with Crippen LogP contribution in [0.2, 0.25) is 0 Å². The molecule has 10 heavy (non-hydrogen) atoms. The molecular formula is C5H6N2O3. The summed E-state index contributed by atoms with van der Waals surface area (Å²) < 4.78 is 4.66. The summed E-state index contributed by atoms with van der Waals surface area (Å²) in [5, 5.41) is 8.41. The van der Waals surface area contributed by atoms with Gasteiger partial charge in [0.25, 0.3) is 0 Å². The number of oxazole rings is 1. The molecule has 0 unspecified atom stereocenters. The summed E-state index contributed by atoms with van der Waals surface area (Å²) >= 11 is 0. The van der Waals surface area contributed by atoms with Gasteiger partial charge in [-0.05, 0) is 0 Å². The van der Waals surface area contributed by atoms with E-state index in [4.69, 9.17) is 10.8 Å². The van der Waals surface area contributed by atoms with Gasteiger partial charge < -0.3 is 15.3 Å². The summed E-state index contributed by atoms with van der Waals surface area (Å²) in [6.07, 6.45) is 1.06. The van der Waals surface area contributed by atoms with E-state index in [0.717, 1.165) is 6.39 Å². The normalized spacial score (nSPS) is 9.70. The molecule has 1 heterocycles. The van der Waals surface area contributed by atoms with Crippen molar-refractivity contribution in [2.75, 3.05) is 0 Å². The number of aromatic carboxylic acids is 1. The molecule has 0 atom stereocenters. The zero-order valence-electron chi connectivity index (χ0n) is 5.07. The Morgan fingerprint density at radius 3 is 3.00 bits per heavy atom.